The van der Waals surface area contributed by atoms with Crippen LogP contribution in [0.3, 0.4) is 0 Å². The molecule has 1 aromatic heterocycles. The van der Waals surface area contributed by atoms with E-state index in [4.69, 9.17) is 16.7 Å². The number of carboxylic acid groups (broad SMARTS) is 1. The molecule has 0 spiro atoms. The summed E-state index contributed by atoms with van der Waals surface area (Å²) in [6.45, 7) is 0. The first-order chi connectivity index (χ1) is 6.58. The van der Waals surface area contributed by atoms with Crippen LogP contribution in [0, 0.1) is 0 Å². The number of amides is 1. The molecule has 0 aliphatic rings. The number of carbonyl (C=O) groups excluding carboxylic acids is 1. The lowest BCUT2D eigenvalue weighted by atomic mass is 10.4. The molecule has 0 aliphatic heterocycles. The second kappa shape index (κ2) is 4.57. The fourth-order valence-electron chi connectivity index (χ4n) is 0.802. The van der Waals surface area contributed by atoms with Gasteiger partial charge >= 0.3 is 5.97 Å². The molecule has 74 valence electrons. The first-order valence-electron chi connectivity index (χ1n) is 3.72. The molecule has 0 unspecified atom stereocenters. The van der Waals surface area contributed by atoms with Crippen LogP contribution in [0.1, 0.15) is 6.42 Å². The highest BCUT2D eigenvalue weighted by molar-refractivity contribution is 6.29. The van der Waals surface area contributed by atoms with E-state index in [2.05, 4.69) is 10.3 Å². The molecular formula is C8H7ClN2O3. The topological polar surface area (TPSA) is 79.3 Å². The van der Waals surface area contributed by atoms with Gasteiger partial charge in [0.1, 0.15) is 17.4 Å². The van der Waals surface area contributed by atoms with Gasteiger partial charge in [0.15, 0.2) is 0 Å². The summed E-state index contributed by atoms with van der Waals surface area (Å²) in [5, 5.41) is 10.8. The zero-order valence-corrected chi connectivity index (χ0v) is 7.78. The molecule has 5 nitrogen and oxygen atoms in total. The summed E-state index contributed by atoms with van der Waals surface area (Å²) in [5.74, 6) is -1.58. The van der Waals surface area contributed by atoms with E-state index in [0.29, 0.717) is 0 Å². The number of halogens is 1. The van der Waals surface area contributed by atoms with Gasteiger partial charge in [-0.2, -0.15) is 0 Å². The molecular weight excluding hydrogens is 208 g/mol. The zero-order valence-electron chi connectivity index (χ0n) is 7.03. The standard InChI is InChI=1S/C8H7ClN2O3/c9-5-2-1-3-6(10-5)11-7(12)4-8(13)14/h1-3H,4H2,(H,13,14)(H,10,11,12). The van der Waals surface area contributed by atoms with Crippen molar-refractivity contribution in [2.45, 2.75) is 6.42 Å². The average molecular weight is 215 g/mol. The number of anilines is 1. The summed E-state index contributed by atoms with van der Waals surface area (Å²) in [4.78, 5) is 24.9. The van der Waals surface area contributed by atoms with Gasteiger partial charge in [-0.15, -0.1) is 0 Å². The average Bonchev–Trinajstić information content (AvgIpc) is 2.01. The van der Waals surface area contributed by atoms with E-state index in [0.717, 1.165) is 0 Å². The molecule has 0 bridgehead atoms. The lowest BCUT2D eigenvalue weighted by Gasteiger charge is -2.01. The van der Waals surface area contributed by atoms with Gasteiger partial charge in [-0.1, -0.05) is 17.7 Å². The Morgan fingerprint density at radius 2 is 2.21 bits per heavy atom. The second-order valence-electron chi connectivity index (χ2n) is 2.46. The quantitative estimate of drug-likeness (QED) is 0.584. The van der Waals surface area contributed by atoms with E-state index in [9.17, 15) is 9.59 Å². The number of aromatic nitrogens is 1. The van der Waals surface area contributed by atoms with E-state index in [1.807, 2.05) is 0 Å². The van der Waals surface area contributed by atoms with Crippen LogP contribution < -0.4 is 5.32 Å². The minimum atomic E-state index is -1.19. The number of carboxylic acids is 1. The van der Waals surface area contributed by atoms with E-state index >= 15 is 0 Å². The minimum Gasteiger partial charge on any atom is -0.481 e. The molecule has 1 heterocycles. The Kier molecular flexibility index (Phi) is 3.41. The molecule has 0 saturated carbocycles. The smallest absolute Gasteiger partial charge is 0.312 e. The molecule has 1 amide bonds. The fraction of sp³-hybridized carbons (Fsp3) is 0.125. The number of hydrogen-bond donors (Lipinski definition) is 2. The number of nitrogens with zero attached hydrogens (tertiary/aromatic N) is 1. The predicted octanol–water partition coefficient (Wildman–Crippen LogP) is 1.15. The van der Waals surface area contributed by atoms with Crippen molar-refractivity contribution in [2.24, 2.45) is 0 Å². The lowest BCUT2D eigenvalue weighted by Crippen LogP contribution is -2.16. The largest absolute Gasteiger partial charge is 0.481 e. The van der Waals surface area contributed by atoms with Crippen LogP contribution in [0.15, 0.2) is 18.2 Å². The van der Waals surface area contributed by atoms with Crippen LogP contribution >= 0.6 is 11.6 Å². The van der Waals surface area contributed by atoms with Crippen molar-refractivity contribution in [3.8, 4) is 0 Å². The summed E-state index contributed by atoms with van der Waals surface area (Å²) in [7, 11) is 0. The highest BCUT2D eigenvalue weighted by Crippen LogP contribution is 2.09. The van der Waals surface area contributed by atoms with Crippen LogP contribution in [-0.4, -0.2) is 22.0 Å². The third kappa shape index (κ3) is 3.40. The van der Waals surface area contributed by atoms with E-state index in [-0.39, 0.29) is 11.0 Å². The number of pyridine rings is 1. The van der Waals surface area contributed by atoms with Gasteiger partial charge in [0.2, 0.25) is 5.91 Å². The van der Waals surface area contributed by atoms with Crippen molar-refractivity contribution in [2.75, 3.05) is 5.32 Å². The molecule has 0 atom stereocenters. The number of aliphatic carboxylic acids is 1. The Hall–Kier alpha value is -1.62. The van der Waals surface area contributed by atoms with Crippen LogP contribution in [0.2, 0.25) is 5.15 Å². The number of nitrogens with one attached hydrogen (secondary N) is 1. The first-order valence-corrected chi connectivity index (χ1v) is 4.10. The molecule has 0 aliphatic carbocycles. The first kappa shape index (κ1) is 10.5. The molecule has 14 heavy (non-hydrogen) atoms. The van der Waals surface area contributed by atoms with Crippen LogP contribution in [0.25, 0.3) is 0 Å². The zero-order chi connectivity index (χ0) is 10.6. The Bertz CT molecular complexity index is 367. The Balaban J connectivity index is 2.60. The Labute approximate surface area is 84.7 Å². The fourth-order valence-corrected chi connectivity index (χ4v) is 0.966. The van der Waals surface area contributed by atoms with Gasteiger partial charge in [-0.05, 0) is 12.1 Å². The van der Waals surface area contributed by atoms with E-state index in [1.54, 1.807) is 12.1 Å². The van der Waals surface area contributed by atoms with Crippen molar-refractivity contribution >= 4 is 29.3 Å². The molecule has 6 heteroatoms. The lowest BCUT2D eigenvalue weighted by molar-refractivity contribution is -0.139. The monoisotopic (exact) mass is 214 g/mol. The van der Waals surface area contributed by atoms with Gasteiger partial charge in [-0.25, -0.2) is 4.98 Å². The summed E-state index contributed by atoms with van der Waals surface area (Å²) in [6.07, 6.45) is -0.589. The second-order valence-corrected chi connectivity index (χ2v) is 2.85. The van der Waals surface area contributed by atoms with Gasteiger partial charge in [0, 0.05) is 0 Å². The van der Waals surface area contributed by atoms with Crippen LogP contribution in [0.5, 0.6) is 0 Å². The Morgan fingerprint density at radius 1 is 1.50 bits per heavy atom. The molecule has 0 saturated heterocycles. The highest BCUT2D eigenvalue weighted by atomic mass is 35.5. The normalized spacial score (nSPS) is 9.50. The molecule has 0 radical (unpaired) electrons. The van der Waals surface area contributed by atoms with Crippen molar-refractivity contribution in [3.05, 3.63) is 23.4 Å². The van der Waals surface area contributed by atoms with Crippen molar-refractivity contribution in [1.29, 1.82) is 0 Å². The molecule has 1 aromatic rings. The maximum atomic E-state index is 11.0. The van der Waals surface area contributed by atoms with Crippen molar-refractivity contribution in [3.63, 3.8) is 0 Å². The van der Waals surface area contributed by atoms with Crippen LogP contribution in [-0.2, 0) is 9.59 Å². The van der Waals surface area contributed by atoms with E-state index in [1.165, 1.54) is 6.07 Å². The number of hydrogen-bond acceptors (Lipinski definition) is 3. The van der Waals surface area contributed by atoms with Crippen molar-refractivity contribution in [1.82, 2.24) is 4.98 Å². The molecule has 2 N–H and O–H groups in total. The SMILES string of the molecule is O=C(O)CC(=O)Nc1cccc(Cl)n1. The third-order valence-corrected chi connectivity index (χ3v) is 1.50. The maximum Gasteiger partial charge on any atom is 0.312 e. The molecule has 1 rings (SSSR count). The van der Waals surface area contributed by atoms with Gasteiger partial charge in [0.05, 0.1) is 0 Å². The summed E-state index contributed by atoms with van der Waals surface area (Å²) in [6, 6.07) is 4.67. The maximum absolute atomic E-state index is 11.0. The predicted molar refractivity (Wildman–Crippen MR) is 50.1 cm³/mol. The van der Waals surface area contributed by atoms with Gasteiger partial charge < -0.3 is 10.4 Å². The Morgan fingerprint density at radius 3 is 2.79 bits per heavy atom. The summed E-state index contributed by atoms with van der Waals surface area (Å²) in [5.41, 5.74) is 0. The minimum absolute atomic E-state index is 0.234. The number of rotatable bonds is 3. The molecule has 0 aromatic carbocycles. The third-order valence-electron chi connectivity index (χ3n) is 1.29. The van der Waals surface area contributed by atoms with Crippen LogP contribution in [0.4, 0.5) is 5.82 Å². The van der Waals surface area contributed by atoms with Gasteiger partial charge in [0.25, 0.3) is 0 Å². The summed E-state index contributed by atoms with van der Waals surface area (Å²) >= 11 is 5.56. The number of carbonyl (C=O) groups is 2. The van der Waals surface area contributed by atoms with E-state index < -0.39 is 18.3 Å². The molecule has 0 fully saturated rings. The van der Waals surface area contributed by atoms with Crippen molar-refractivity contribution < 1.29 is 14.7 Å². The van der Waals surface area contributed by atoms with Gasteiger partial charge in [-0.3, -0.25) is 9.59 Å². The summed E-state index contributed by atoms with van der Waals surface area (Å²) < 4.78 is 0. The highest BCUT2D eigenvalue weighted by Gasteiger charge is 2.07.